The summed E-state index contributed by atoms with van der Waals surface area (Å²) >= 11 is 0. The molecule has 0 saturated heterocycles. The summed E-state index contributed by atoms with van der Waals surface area (Å²) in [5.74, 6) is -3.23. The van der Waals surface area contributed by atoms with Gasteiger partial charge in [0.2, 0.25) is 35.4 Å². The van der Waals surface area contributed by atoms with E-state index >= 15 is 0 Å². The number of carbonyl (C=O) groups excluding carboxylic acids is 6. The molecule has 0 aliphatic rings. The van der Waals surface area contributed by atoms with Gasteiger partial charge in [-0.05, 0) is 86.9 Å². The van der Waals surface area contributed by atoms with Crippen molar-refractivity contribution in [1.82, 2.24) is 36.9 Å². The molecule has 1 aromatic heterocycles. The van der Waals surface area contributed by atoms with Crippen molar-refractivity contribution < 1.29 is 33.9 Å². The molecule has 4 atom stereocenters. The van der Waals surface area contributed by atoms with Gasteiger partial charge in [-0.2, -0.15) is 0 Å². The molecule has 0 saturated carbocycles. The molecule has 3 rings (SSSR count). The highest BCUT2D eigenvalue weighted by Gasteiger charge is 2.32. The lowest BCUT2D eigenvalue weighted by Gasteiger charge is -2.27. The largest absolute Gasteiger partial charge is 0.508 e. The lowest BCUT2D eigenvalue weighted by atomic mass is 9.99. The van der Waals surface area contributed by atoms with Crippen LogP contribution < -0.4 is 43.4 Å². The molecule has 16 heteroatoms. The molecule has 312 valence electrons. The van der Waals surface area contributed by atoms with Gasteiger partial charge in [-0.25, -0.2) is 0 Å². The molecule has 4 unspecified atom stereocenters. The number of unbranched alkanes of at least 4 members (excludes halogenated alkanes) is 3. The fourth-order valence-corrected chi connectivity index (χ4v) is 6.34. The van der Waals surface area contributed by atoms with Gasteiger partial charge in [-0.3, -0.25) is 28.8 Å². The number of phenols is 1. The first kappa shape index (κ1) is 45.9. The Hall–Kier alpha value is -5.48. The minimum atomic E-state index is -1.19. The zero-order valence-corrected chi connectivity index (χ0v) is 33.3. The second-order valence-corrected chi connectivity index (χ2v) is 14.6. The first-order valence-corrected chi connectivity index (χ1v) is 19.8. The number of hydrogen-bond acceptors (Lipinski definition) is 9. The maximum atomic E-state index is 14.2. The molecule has 0 radical (unpaired) electrons. The van der Waals surface area contributed by atoms with Crippen LogP contribution in [0.25, 0.3) is 10.9 Å². The number of rotatable bonds is 25. The monoisotopic (exact) mass is 791 g/mol. The number of H-pyrrole nitrogens is 1. The van der Waals surface area contributed by atoms with Gasteiger partial charge < -0.3 is 53.5 Å². The van der Waals surface area contributed by atoms with Gasteiger partial charge >= 0.3 is 0 Å². The molecule has 2 aromatic carbocycles. The molecule has 1 heterocycles. The van der Waals surface area contributed by atoms with Crippen molar-refractivity contribution in [2.75, 3.05) is 26.7 Å². The molecule has 3 aromatic rings. The zero-order chi connectivity index (χ0) is 41.7. The minimum Gasteiger partial charge on any atom is -0.508 e. The first-order valence-electron chi connectivity index (χ1n) is 19.8. The Labute approximate surface area is 334 Å². The molecule has 0 fully saturated rings. The summed E-state index contributed by atoms with van der Waals surface area (Å²) in [5, 5.41) is 27.0. The maximum absolute atomic E-state index is 14.2. The highest BCUT2D eigenvalue weighted by Crippen LogP contribution is 2.20. The van der Waals surface area contributed by atoms with E-state index in [1.807, 2.05) is 38.1 Å². The molecule has 12 N–H and O–H groups in total. The van der Waals surface area contributed by atoms with Crippen LogP contribution in [-0.4, -0.2) is 96.4 Å². The summed E-state index contributed by atoms with van der Waals surface area (Å²) in [6.45, 7) is 4.39. The van der Waals surface area contributed by atoms with Crippen LogP contribution in [0, 0.1) is 5.92 Å². The van der Waals surface area contributed by atoms with E-state index in [0.29, 0.717) is 44.3 Å². The zero-order valence-electron chi connectivity index (χ0n) is 33.3. The predicted molar refractivity (Wildman–Crippen MR) is 218 cm³/mol. The SMILES string of the molecule is CNC(=O)CNC(=O)C(Cc1c[nH]c2ccccc12)NC(=O)C(CC(C)C)NC(=O)C(Cc1ccc(O)cc1)NC(=O)C(CCCCN)NC(=O)CCCCCN. The molecule has 0 aliphatic heterocycles. The summed E-state index contributed by atoms with van der Waals surface area (Å²) in [4.78, 5) is 83.6. The number of nitrogens with one attached hydrogen (secondary N) is 7. The topological polar surface area (TPSA) is 263 Å². The summed E-state index contributed by atoms with van der Waals surface area (Å²) < 4.78 is 0. The minimum absolute atomic E-state index is 0.00150. The van der Waals surface area contributed by atoms with Crippen molar-refractivity contribution in [2.45, 2.75) is 102 Å². The van der Waals surface area contributed by atoms with Crippen LogP contribution in [0.4, 0.5) is 0 Å². The third-order valence-corrected chi connectivity index (χ3v) is 9.49. The van der Waals surface area contributed by atoms with Gasteiger partial charge in [-0.15, -0.1) is 0 Å². The quantitative estimate of drug-likeness (QED) is 0.0552. The molecule has 6 amide bonds. The molecule has 16 nitrogen and oxygen atoms in total. The summed E-state index contributed by atoms with van der Waals surface area (Å²) in [6, 6.07) is 9.31. The van der Waals surface area contributed by atoms with Crippen molar-refractivity contribution in [1.29, 1.82) is 0 Å². The fourth-order valence-electron chi connectivity index (χ4n) is 6.34. The van der Waals surface area contributed by atoms with Crippen LogP contribution in [0.5, 0.6) is 5.75 Å². The Morgan fingerprint density at radius 3 is 1.96 bits per heavy atom. The summed E-state index contributed by atoms with van der Waals surface area (Å²) in [5.41, 5.74) is 13.5. The number of fused-ring (bicyclic) bond motifs is 1. The Balaban J connectivity index is 1.87. The fraction of sp³-hybridized carbons (Fsp3) is 0.512. The van der Waals surface area contributed by atoms with Crippen molar-refractivity contribution in [3.05, 3.63) is 65.9 Å². The van der Waals surface area contributed by atoms with Gasteiger partial charge in [-0.1, -0.05) is 50.6 Å². The maximum Gasteiger partial charge on any atom is 0.243 e. The van der Waals surface area contributed by atoms with Crippen LogP contribution in [0.2, 0.25) is 0 Å². The van der Waals surface area contributed by atoms with Crippen LogP contribution in [0.3, 0.4) is 0 Å². The molecule has 0 spiro atoms. The molecular weight excluding hydrogens is 731 g/mol. The van der Waals surface area contributed by atoms with Crippen molar-refractivity contribution in [3.8, 4) is 5.75 Å². The number of aromatic nitrogens is 1. The third-order valence-electron chi connectivity index (χ3n) is 9.49. The van der Waals surface area contributed by atoms with Crippen LogP contribution in [0.1, 0.15) is 76.3 Å². The predicted octanol–water partition coefficient (Wildman–Crippen LogP) is 1.15. The lowest BCUT2D eigenvalue weighted by Crippen LogP contribution is -2.59. The van der Waals surface area contributed by atoms with Gasteiger partial charge in [0.15, 0.2) is 0 Å². The van der Waals surface area contributed by atoms with Gasteiger partial charge in [0.25, 0.3) is 0 Å². The number of phenolic OH excluding ortho intramolecular Hbond substituents is 1. The Morgan fingerprint density at radius 2 is 1.30 bits per heavy atom. The van der Waals surface area contributed by atoms with Gasteiger partial charge in [0, 0.05) is 43.4 Å². The Bertz CT molecular complexity index is 1760. The smallest absolute Gasteiger partial charge is 0.243 e. The van der Waals surface area contributed by atoms with Crippen LogP contribution in [-0.2, 0) is 41.6 Å². The average molecular weight is 792 g/mol. The number of aromatic hydroxyl groups is 1. The number of hydrogen-bond donors (Lipinski definition) is 10. The van der Waals surface area contributed by atoms with E-state index in [9.17, 15) is 33.9 Å². The standard InChI is InChI=1S/C41H61N9O7/c1-26(2)21-33(40(56)50-35(38(54)46-25-37(53)44-3)23-28-24-45-31-12-7-6-11-30(28)31)48-41(57)34(22-27-15-17-29(51)18-16-27)49-39(55)32(13-8-10-20-43)47-36(52)14-5-4-9-19-42/h6-7,11-12,15-18,24,26,32-35,45,51H,4-5,8-10,13-14,19-23,25,42-43H2,1-3H3,(H,44,53)(H,46,54)(H,47,52)(H,48,57)(H,49,55)(H,50,56). The number of aromatic amines is 1. The van der Waals surface area contributed by atoms with Crippen molar-refractivity contribution >= 4 is 46.3 Å². The van der Waals surface area contributed by atoms with E-state index in [0.717, 1.165) is 29.3 Å². The first-order chi connectivity index (χ1) is 27.3. The second-order valence-electron chi connectivity index (χ2n) is 14.6. The number of amides is 6. The highest BCUT2D eigenvalue weighted by molar-refractivity contribution is 5.96. The Morgan fingerprint density at radius 1 is 0.684 bits per heavy atom. The molecule has 0 aliphatic carbocycles. The van der Waals surface area contributed by atoms with E-state index in [2.05, 4.69) is 36.9 Å². The number of likely N-dealkylation sites (N-methyl/N-ethyl adjacent to an activating group) is 1. The van der Waals surface area contributed by atoms with Crippen LogP contribution in [0.15, 0.2) is 54.7 Å². The summed E-state index contributed by atoms with van der Waals surface area (Å²) in [6.07, 6.45) is 5.91. The average Bonchev–Trinajstić information content (AvgIpc) is 3.60. The lowest BCUT2D eigenvalue weighted by molar-refractivity contribution is -0.135. The highest BCUT2D eigenvalue weighted by atomic mass is 16.3. The van der Waals surface area contributed by atoms with E-state index in [1.54, 1.807) is 18.3 Å². The van der Waals surface area contributed by atoms with Gasteiger partial charge in [0.05, 0.1) is 6.54 Å². The summed E-state index contributed by atoms with van der Waals surface area (Å²) in [7, 11) is 1.44. The molecule has 0 bridgehead atoms. The Kier molecular flexibility index (Phi) is 19.5. The number of carbonyl (C=O) groups is 6. The number of nitrogens with two attached hydrogens (primary N) is 2. The number of benzene rings is 2. The number of para-hydroxylation sites is 1. The molecular formula is C41H61N9O7. The van der Waals surface area contributed by atoms with Crippen molar-refractivity contribution in [2.24, 2.45) is 17.4 Å². The van der Waals surface area contributed by atoms with E-state index in [1.165, 1.54) is 19.2 Å². The van der Waals surface area contributed by atoms with E-state index < -0.39 is 53.7 Å². The molecule has 57 heavy (non-hydrogen) atoms. The van der Waals surface area contributed by atoms with E-state index in [-0.39, 0.29) is 49.8 Å². The normalized spacial score (nSPS) is 13.2. The second kappa shape index (κ2) is 24.2. The van der Waals surface area contributed by atoms with E-state index in [4.69, 9.17) is 11.5 Å². The third kappa shape index (κ3) is 15.9. The van der Waals surface area contributed by atoms with Gasteiger partial charge in [0.1, 0.15) is 29.9 Å². The van der Waals surface area contributed by atoms with Crippen molar-refractivity contribution in [3.63, 3.8) is 0 Å². The van der Waals surface area contributed by atoms with Crippen LogP contribution >= 0.6 is 0 Å².